The molecule has 0 amide bonds. The normalized spacial score (nSPS) is 16.6. The van der Waals surface area contributed by atoms with Crippen LogP contribution in [0, 0.1) is 11.7 Å². The predicted molar refractivity (Wildman–Crippen MR) is 115 cm³/mol. The van der Waals surface area contributed by atoms with E-state index < -0.39 is 0 Å². The van der Waals surface area contributed by atoms with Crippen molar-refractivity contribution in [3.8, 4) is 0 Å². The minimum absolute atomic E-state index is 0.196. The Labute approximate surface area is 167 Å². The van der Waals surface area contributed by atoms with E-state index in [-0.39, 0.29) is 5.82 Å². The Morgan fingerprint density at radius 3 is 2.79 bits per heavy atom. The molecule has 1 aliphatic rings. The van der Waals surface area contributed by atoms with Crippen LogP contribution in [0.3, 0.4) is 0 Å². The van der Waals surface area contributed by atoms with E-state index >= 15 is 0 Å². The van der Waals surface area contributed by atoms with Crippen LogP contribution in [0.1, 0.15) is 38.2 Å². The van der Waals surface area contributed by atoms with Crippen LogP contribution in [-0.2, 0) is 6.42 Å². The molecule has 1 saturated heterocycles. The van der Waals surface area contributed by atoms with Crippen molar-refractivity contribution in [3.05, 3.63) is 35.8 Å². The third-order valence-corrected chi connectivity index (χ3v) is 5.71. The molecule has 2 aromatic rings. The molecule has 1 aliphatic heterocycles. The van der Waals surface area contributed by atoms with E-state index in [2.05, 4.69) is 32.4 Å². The number of aromatic nitrogens is 1. The number of fused-ring (bicyclic) bond motifs is 1. The molecular formula is C22H34FN5. The highest BCUT2D eigenvalue weighted by molar-refractivity contribution is 5.83. The lowest BCUT2D eigenvalue weighted by Gasteiger charge is -2.30. The number of rotatable bonds is 8. The topological polar surface area (TPSA) is 55.5 Å². The summed E-state index contributed by atoms with van der Waals surface area (Å²) in [6.45, 7) is 7.77. The summed E-state index contributed by atoms with van der Waals surface area (Å²) >= 11 is 0. The molecule has 1 aromatic heterocycles. The van der Waals surface area contributed by atoms with Crippen LogP contribution in [0.4, 0.5) is 4.39 Å². The van der Waals surface area contributed by atoms with Crippen molar-refractivity contribution in [1.29, 1.82) is 0 Å². The number of hydrogen-bond acceptors (Lipinski definition) is 2. The Hall–Kier alpha value is -2.08. The van der Waals surface area contributed by atoms with Crippen molar-refractivity contribution < 1.29 is 4.39 Å². The molecule has 0 aliphatic carbocycles. The molecule has 1 fully saturated rings. The summed E-state index contributed by atoms with van der Waals surface area (Å²) in [4.78, 5) is 10.1. The fraction of sp³-hybridized carbons (Fsp3) is 0.591. The Morgan fingerprint density at radius 2 is 2.00 bits per heavy atom. The monoisotopic (exact) mass is 387 g/mol. The summed E-state index contributed by atoms with van der Waals surface area (Å²) < 4.78 is 13.5. The Kier molecular flexibility index (Phi) is 7.71. The second-order valence-electron chi connectivity index (χ2n) is 7.91. The highest BCUT2D eigenvalue weighted by Crippen LogP contribution is 2.19. The highest BCUT2D eigenvalue weighted by atomic mass is 19.1. The number of guanidine groups is 1. The molecule has 3 rings (SSSR count). The van der Waals surface area contributed by atoms with Crippen LogP contribution < -0.4 is 10.6 Å². The Bertz CT molecular complexity index is 761. The third-order valence-electron chi connectivity index (χ3n) is 5.71. The number of nitrogens with zero attached hydrogens (tertiary/aromatic N) is 2. The van der Waals surface area contributed by atoms with Gasteiger partial charge in [0.2, 0.25) is 0 Å². The van der Waals surface area contributed by atoms with Crippen molar-refractivity contribution in [1.82, 2.24) is 20.5 Å². The molecular weight excluding hydrogens is 353 g/mol. The zero-order chi connectivity index (χ0) is 19.8. The first-order valence-corrected chi connectivity index (χ1v) is 10.6. The van der Waals surface area contributed by atoms with E-state index in [1.165, 1.54) is 45.0 Å². The molecule has 5 nitrogen and oxygen atoms in total. The lowest BCUT2D eigenvalue weighted by Crippen LogP contribution is -2.39. The summed E-state index contributed by atoms with van der Waals surface area (Å²) in [5.74, 6) is 1.53. The fourth-order valence-corrected chi connectivity index (χ4v) is 3.85. The molecule has 0 atom stereocenters. The maximum Gasteiger partial charge on any atom is 0.190 e. The van der Waals surface area contributed by atoms with Gasteiger partial charge in [-0.2, -0.15) is 0 Å². The molecule has 1 aromatic carbocycles. The third kappa shape index (κ3) is 5.96. The van der Waals surface area contributed by atoms with Gasteiger partial charge >= 0.3 is 0 Å². The first-order valence-electron chi connectivity index (χ1n) is 10.6. The average molecular weight is 388 g/mol. The molecule has 0 radical (unpaired) electrons. The summed E-state index contributed by atoms with van der Waals surface area (Å²) in [5, 5.41) is 7.70. The van der Waals surface area contributed by atoms with Gasteiger partial charge in [-0.05, 0) is 81.4 Å². The van der Waals surface area contributed by atoms with Crippen molar-refractivity contribution in [2.24, 2.45) is 10.9 Å². The number of aromatic amines is 1. The first kappa shape index (κ1) is 20.6. The molecule has 0 bridgehead atoms. The Morgan fingerprint density at radius 1 is 1.21 bits per heavy atom. The lowest BCUT2D eigenvalue weighted by molar-refractivity contribution is 0.189. The number of nitrogens with one attached hydrogen (secondary N) is 3. The minimum atomic E-state index is -0.196. The van der Waals surface area contributed by atoms with Gasteiger partial charge in [0.1, 0.15) is 5.82 Å². The summed E-state index contributed by atoms with van der Waals surface area (Å²) in [6, 6.07) is 4.86. The van der Waals surface area contributed by atoms with E-state index in [1.54, 1.807) is 19.2 Å². The fourth-order valence-electron chi connectivity index (χ4n) is 3.85. The molecule has 0 spiro atoms. The van der Waals surface area contributed by atoms with Crippen LogP contribution in [0.25, 0.3) is 10.9 Å². The van der Waals surface area contributed by atoms with Gasteiger partial charge in [0.15, 0.2) is 5.96 Å². The van der Waals surface area contributed by atoms with Crippen molar-refractivity contribution >= 4 is 16.9 Å². The highest BCUT2D eigenvalue weighted by Gasteiger charge is 2.14. The summed E-state index contributed by atoms with van der Waals surface area (Å²) in [6.07, 6.45) is 7.84. The van der Waals surface area contributed by atoms with Gasteiger partial charge in [-0.1, -0.05) is 6.92 Å². The average Bonchev–Trinajstić information content (AvgIpc) is 3.10. The lowest BCUT2D eigenvalue weighted by atomic mass is 9.99. The number of likely N-dealkylation sites (tertiary alicyclic amines) is 1. The zero-order valence-electron chi connectivity index (χ0n) is 17.2. The second kappa shape index (κ2) is 10.5. The van der Waals surface area contributed by atoms with Gasteiger partial charge in [-0.25, -0.2) is 4.39 Å². The molecule has 3 N–H and O–H groups in total. The SMILES string of the molecule is CN=C(NCCCCN1CCC(C)CC1)NCCc1c[nH]c2ccc(F)cc12. The number of H-pyrrole nitrogens is 1. The molecule has 6 heteroatoms. The van der Waals surface area contributed by atoms with Crippen molar-refractivity contribution in [2.45, 2.75) is 39.0 Å². The van der Waals surface area contributed by atoms with Gasteiger partial charge in [-0.15, -0.1) is 0 Å². The zero-order valence-corrected chi connectivity index (χ0v) is 17.2. The number of hydrogen-bond donors (Lipinski definition) is 3. The molecule has 0 saturated carbocycles. The van der Waals surface area contributed by atoms with Crippen LogP contribution in [0.15, 0.2) is 29.4 Å². The maximum atomic E-state index is 13.5. The number of benzene rings is 1. The minimum Gasteiger partial charge on any atom is -0.361 e. The van der Waals surface area contributed by atoms with E-state index in [4.69, 9.17) is 0 Å². The number of halogens is 1. The molecule has 154 valence electrons. The number of aliphatic imine (C=N–C) groups is 1. The number of unbranched alkanes of at least 4 members (excludes halogenated alkanes) is 1. The Balaban J connectivity index is 1.32. The van der Waals surface area contributed by atoms with E-state index in [1.807, 2.05) is 6.20 Å². The predicted octanol–water partition coefficient (Wildman–Crippen LogP) is 3.53. The van der Waals surface area contributed by atoms with Gasteiger partial charge in [0.25, 0.3) is 0 Å². The van der Waals surface area contributed by atoms with E-state index in [0.29, 0.717) is 0 Å². The van der Waals surface area contributed by atoms with Crippen LogP contribution in [0.2, 0.25) is 0 Å². The van der Waals surface area contributed by atoms with Gasteiger partial charge in [-0.3, -0.25) is 4.99 Å². The van der Waals surface area contributed by atoms with E-state index in [0.717, 1.165) is 54.3 Å². The molecule has 0 unspecified atom stereocenters. The van der Waals surface area contributed by atoms with Gasteiger partial charge in [0.05, 0.1) is 0 Å². The first-order chi connectivity index (χ1) is 13.7. The van der Waals surface area contributed by atoms with E-state index in [9.17, 15) is 4.39 Å². The smallest absolute Gasteiger partial charge is 0.190 e. The number of piperidine rings is 1. The van der Waals surface area contributed by atoms with Crippen LogP contribution >= 0.6 is 0 Å². The van der Waals surface area contributed by atoms with Crippen molar-refractivity contribution in [2.75, 3.05) is 39.8 Å². The molecule has 2 heterocycles. The molecule has 28 heavy (non-hydrogen) atoms. The standard InChI is InChI=1S/C22H34FN5/c1-17-8-13-28(14-9-17)12-4-3-10-25-22(24-2)26-11-7-18-16-27-21-6-5-19(23)15-20(18)21/h5-6,15-17,27H,3-4,7-14H2,1-2H3,(H2,24,25,26). The van der Waals surface area contributed by atoms with Crippen LogP contribution in [-0.4, -0.2) is 55.6 Å². The summed E-state index contributed by atoms with van der Waals surface area (Å²) in [7, 11) is 1.80. The van der Waals surface area contributed by atoms with Crippen molar-refractivity contribution in [3.63, 3.8) is 0 Å². The van der Waals surface area contributed by atoms with Gasteiger partial charge < -0.3 is 20.5 Å². The second-order valence-corrected chi connectivity index (χ2v) is 7.91. The van der Waals surface area contributed by atoms with Crippen LogP contribution in [0.5, 0.6) is 0 Å². The van der Waals surface area contributed by atoms with Gasteiger partial charge in [0, 0.05) is 37.2 Å². The maximum absolute atomic E-state index is 13.5. The summed E-state index contributed by atoms with van der Waals surface area (Å²) in [5.41, 5.74) is 2.09. The quantitative estimate of drug-likeness (QED) is 0.369. The largest absolute Gasteiger partial charge is 0.361 e.